The number of anilines is 2. The Kier molecular flexibility index (Phi) is 8.12. The predicted molar refractivity (Wildman–Crippen MR) is 155 cm³/mol. The highest BCUT2D eigenvalue weighted by molar-refractivity contribution is 5.52. The van der Waals surface area contributed by atoms with Crippen LogP contribution < -0.4 is 15.1 Å². The van der Waals surface area contributed by atoms with Crippen molar-refractivity contribution in [1.82, 2.24) is 25.1 Å². The maximum atomic E-state index is 12.7. The van der Waals surface area contributed by atoms with Crippen LogP contribution in [0.3, 0.4) is 0 Å². The van der Waals surface area contributed by atoms with E-state index in [0.717, 1.165) is 89.2 Å². The Balaban J connectivity index is 1.39. The number of carbonyl (C=O) groups excluding carboxylic acids is 1. The van der Waals surface area contributed by atoms with Gasteiger partial charge < -0.3 is 25.1 Å². The molecule has 2 saturated carbocycles. The number of β-amino-alcohol motifs (C(OH)–C–C–N with tert-alkyl or cyclic N) is 1. The molecule has 5 rings (SSSR count). The van der Waals surface area contributed by atoms with Gasteiger partial charge in [-0.1, -0.05) is 30.3 Å². The fourth-order valence-corrected chi connectivity index (χ4v) is 6.86. The molecule has 0 spiro atoms. The number of aromatic nitrogens is 2. The third-order valence-electron chi connectivity index (χ3n) is 9.66. The van der Waals surface area contributed by atoms with Gasteiger partial charge in [-0.05, 0) is 64.6 Å². The van der Waals surface area contributed by atoms with Crippen molar-refractivity contribution >= 4 is 18.0 Å². The lowest BCUT2D eigenvalue weighted by atomic mass is 9.67. The van der Waals surface area contributed by atoms with E-state index in [9.17, 15) is 9.90 Å². The highest BCUT2D eigenvalue weighted by Gasteiger charge is 2.50. The minimum atomic E-state index is -0.768. The molecule has 0 unspecified atom stereocenters. The first-order chi connectivity index (χ1) is 18.8. The van der Waals surface area contributed by atoms with Gasteiger partial charge in [-0.2, -0.15) is 0 Å². The summed E-state index contributed by atoms with van der Waals surface area (Å²) in [6.07, 6.45) is 10.9. The van der Waals surface area contributed by atoms with Crippen LogP contribution in [0.15, 0.2) is 42.7 Å². The first-order valence-electron chi connectivity index (χ1n) is 14.5. The molecule has 2 N–H and O–H groups in total. The number of likely N-dealkylation sites (N-methyl/N-ethyl adjacent to an activating group) is 1. The van der Waals surface area contributed by atoms with Crippen LogP contribution in [-0.4, -0.2) is 103 Å². The summed E-state index contributed by atoms with van der Waals surface area (Å²) in [5, 5.41) is 14.4. The number of benzene rings is 1. The summed E-state index contributed by atoms with van der Waals surface area (Å²) in [6, 6.07) is 10.8. The number of hydrogen-bond acceptors (Lipinski definition) is 8. The average molecular weight is 536 g/mol. The summed E-state index contributed by atoms with van der Waals surface area (Å²) in [5.74, 6) is 0.765. The summed E-state index contributed by atoms with van der Waals surface area (Å²) in [5.41, 5.74) is 1.01. The second-order valence-electron chi connectivity index (χ2n) is 12.2. The molecule has 3 aliphatic rings. The van der Waals surface area contributed by atoms with Gasteiger partial charge in [0.2, 0.25) is 12.4 Å². The Bertz CT molecular complexity index is 1080. The van der Waals surface area contributed by atoms with E-state index in [-0.39, 0.29) is 5.54 Å². The van der Waals surface area contributed by atoms with Crippen LogP contribution >= 0.6 is 0 Å². The zero-order chi connectivity index (χ0) is 27.5. The van der Waals surface area contributed by atoms with Crippen molar-refractivity contribution in [3.05, 3.63) is 48.3 Å². The van der Waals surface area contributed by atoms with E-state index in [2.05, 4.69) is 81.5 Å². The monoisotopic (exact) mass is 535 g/mol. The summed E-state index contributed by atoms with van der Waals surface area (Å²) < 4.78 is 0. The minimum Gasteiger partial charge on any atom is -0.388 e. The maximum Gasteiger partial charge on any atom is 0.225 e. The Morgan fingerprint density at radius 1 is 0.949 bits per heavy atom. The van der Waals surface area contributed by atoms with Crippen molar-refractivity contribution in [2.24, 2.45) is 0 Å². The van der Waals surface area contributed by atoms with Crippen LogP contribution in [0.5, 0.6) is 0 Å². The molecule has 2 aliphatic carbocycles. The Hall–Kier alpha value is -2.75. The van der Waals surface area contributed by atoms with Crippen molar-refractivity contribution < 1.29 is 9.90 Å². The number of piperazine rings is 1. The Labute approximate surface area is 233 Å². The minimum absolute atomic E-state index is 0.0840. The van der Waals surface area contributed by atoms with E-state index in [0.29, 0.717) is 13.1 Å². The highest BCUT2D eigenvalue weighted by atomic mass is 16.3. The van der Waals surface area contributed by atoms with E-state index in [1.807, 2.05) is 17.3 Å². The molecular weight excluding hydrogens is 490 g/mol. The molecule has 1 aromatic heterocycles. The zero-order valence-electron chi connectivity index (χ0n) is 23.8. The first kappa shape index (κ1) is 27.8. The number of amides is 1. The van der Waals surface area contributed by atoms with Crippen LogP contribution in [-0.2, 0) is 10.3 Å². The summed E-state index contributed by atoms with van der Waals surface area (Å²) in [7, 11) is 6.40. The van der Waals surface area contributed by atoms with E-state index in [1.165, 1.54) is 5.56 Å². The van der Waals surface area contributed by atoms with Crippen LogP contribution in [0.2, 0.25) is 0 Å². The molecule has 1 saturated heterocycles. The van der Waals surface area contributed by atoms with Crippen molar-refractivity contribution in [1.29, 1.82) is 0 Å². The van der Waals surface area contributed by atoms with Gasteiger partial charge in [-0.3, -0.25) is 9.69 Å². The molecular formula is C30H45N7O2. The van der Waals surface area contributed by atoms with Crippen LogP contribution in [0.1, 0.15) is 50.5 Å². The number of aliphatic hydroxyl groups is 1. The summed E-state index contributed by atoms with van der Waals surface area (Å²) >= 11 is 0. The SMILES string of the molecule is CN(C[C@]1(N(C=O)CC2(O)CCC2)CC[C@@](c2ccccc2)(N(C)C)CC1)c1cnc(N2CCNCC2)nc1. The molecule has 1 aromatic carbocycles. The average Bonchev–Trinajstić information content (AvgIpc) is 2.96. The number of nitrogens with one attached hydrogen (secondary N) is 1. The van der Waals surface area contributed by atoms with Crippen molar-refractivity contribution in [2.45, 2.75) is 61.6 Å². The van der Waals surface area contributed by atoms with E-state index in [4.69, 9.17) is 0 Å². The maximum absolute atomic E-state index is 12.7. The van der Waals surface area contributed by atoms with Gasteiger partial charge in [0.1, 0.15) is 0 Å². The number of carbonyl (C=O) groups is 1. The molecule has 1 amide bonds. The van der Waals surface area contributed by atoms with Gasteiger partial charge in [0.25, 0.3) is 0 Å². The van der Waals surface area contributed by atoms with Gasteiger partial charge >= 0.3 is 0 Å². The fraction of sp³-hybridized carbons (Fsp3) is 0.633. The molecule has 0 bridgehead atoms. The standard InChI is InChI=1S/C30H45N7O2/c1-34(2)30(25-8-5-4-6-9-25)14-12-28(13-15-30,37(24-38)23-29(39)10-7-11-29)22-35(3)26-20-32-27(33-21-26)36-18-16-31-17-19-36/h4-6,8-9,20-21,24,31,39H,7,10-19,22-23H2,1-3H3/t28-,30+. The second kappa shape index (κ2) is 11.4. The molecule has 9 heteroatoms. The molecule has 3 fully saturated rings. The third-order valence-corrected chi connectivity index (χ3v) is 9.66. The normalized spacial score (nSPS) is 26.6. The second-order valence-corrected chi connectivity index (χ2v) is 12.2. The lowest BCUT2D eigenvalue weighted by Crippen LogP contribution is -2.63. The number of rotatable bonds is 10. The van der Waals surface area contributed by atoms with Crippen LogP contribution in [0.25, 0.3) is 0 Å². The summed E-state index contributed by atoms with van der Waals surface area (Å²) in [4.78, 5) is 30.7. The van der Waals surface area contributed by atoms with Crippen molar-refractivity contribution in [3.63, 3.8) is 0 Å². The third kappa shape index (κ3) is 5.62. The quantitative estimate of drug-likeness (QED) is 0.449. The van der Waals surface area contributed by atoms with Crippen molar-refractivity contribution in [2.75, 3.05) is 70.2 Å². The smallest absolute Gasteiger partial charge is 0.225 e. The van der Waals surface area contributed by atoms with Gasteiger partial charge in [-0.15, -0.1) is 0 Å². The largest absolute Gasteiger partial charge is 0.388 e. The molecule has 39 heavy (non-hydrogen) atoms. The molecule has 9 nitrogen and oxygen atoms in total. The highest BCUT2D eigenvalue weighted by Crippen LogP contribution is 2.47. The van der Waals surface area contributed by atoms with Gasteiger partial charge in [-0.25, -0.2) is 9.97 Å². The van der Waals surface area contributed by atoms with Gasteiger partial charge in [0.05, 0.1) is 29.2 Å². The summed E-state index contributed by atoms with van der Waals surface area (Å²) in [6.45, 7) is 4.76. The van der Waals surface area contributed by atoms with Gasteiger partial charge in [0, 0.05) is 51.9 Å². The molecule has 0 atom stereocenters. The lowest BCUT2D eigenvalue weighted by molar-refractivity contribution is -0.138. The molecule has 2 heterocycles. The Morgan fingerprint density at radius 2 is 1.59 bits per heavy atom. The predicted octanol–water partition coefficient (Wildman–Crippen LogP) is 2.47. The number of hydrogen-bond donors (Lipinski definition) is 2. The van der Waals surface area contributed by atoms with E-state index in [1.54, 1.807) is 0 Å². The first-order valence-corrected chi connectivity index (χ1v) is 14.5. The van der Waals surface area contributed by atoms with Gasteiger partial charge in [0.15, 0.2) is 0 Å². The number of nitrogens with zero attached hydrogens (tertiary/aromatic N) is 6. The molecule has 212 valence electrons. The van der Waals surface area contributed by atoms with Crippen LogP contribution in [0.4, 0.5) is 11.6 Å². The zero-order valence-corrected chi connectivity index (χ0v) is 23.8. The lowest BCUT2D eigenvalue weighted by Gasteiger charge is -2.55. The van der Waals surface area contributed by atoms with Crippen molar-refractivity contribution in [3.8, 4) is 0 Å². The fourth-order valence-electron chi connectivity index (χ4n) is 6.86. The van der Waals surface area contributed by atoms with E-state index >= 15 is 0 Å². The molecule has 1 aliphatic heterocycles. The van der Waals surface area contributed by atoms with Crippen LogP contribution in [0, 0.1) is 0 Å². The topological polar surface area (TPSA) is 88.1 Å². The Morgan fingerprint density at radius 3 is 2.13 bits per heavy atom. The van der Waals surface area contributed by atoms with E-state index < -0.39 is 11.1 Å². The molecule has 2 aromatic rings. The molecule has 0 radical (unpaired) electrons.